The van der Waals surface area contributed by atoms with E-state index in [1.807, 2.05) is 12.1 Å². The van der Waals surface area contributed by atoms with E-state index >= 15 is 0 Å². The van der Waals surface area contributed by atoms with Crippen molar-refractivity contribution in [2.24, 2.45) is 4.99 Å². The monoisotopic (exact) mass is 487 g/mol. The second kappa shape index (κ2) is 10.5. The third-order valence-corrected chi connectivity index (χ3v) is 5.72. The Morgan fingerprint density at radius 1 is 1.26 bits per heavy atom. The zero-order chi connectivity index (χ0) is 18.4. The van der Waals surface area contributed by atoms with E-state index in [0.717, 1.165) is 63.4 Å². The van der Waals surface area contributed by atoms with Gasteiger partial charge in [0.15, 0.2) is 5.96 Å². The number of aliphatic imine (C=N–C) groups is 1. The van der Waals surface area contributed by atoms with Crippen molar-refractivity contribution in [1.82, 2.24) is 10.2 Å². The summed E-state index contributed by atoms with van der Waals surface area (Å²) in [6.07, 6.45) is 6.36. The lowest BCUT2D eigenvalue weighted by Crippen LogP contribution is -2.42. The Morgan fingerprint density at radius 2 is 1.96 bits per heavy atom. The first-order chi connectivity index (χ1) is 12.6. The predicted molar refractivity (Wildman–Crippen MR) is 121 cm³/mol. The molecule has 1 heterocycles. The lowest BCUT2D eigenvalue weighted by atomic mass is 9.85. The van der Waals surface area contributed by atoms with Gasteiger partial charge in [0.25, 0.3) is 0 Å². The smallest absolute Gasteiger partial charge is 0.194 e. The number of nitrogens with zero attached hydrogens (tertiary/aromatic N) is 2. The number of hydrogen-bond donors (Lipinski definition) is 2. The summed E-state index contributed by atoms with van der Waals surface area (Å²) in [7, 11) is 1.70. The van der Waals surface area contributed by atoms with Gasteiger partial charge in [-0.05, 0) is 43.9 Å². The lowest BCUT2D eigenvalue weighted by molar-refractivity contribution is 0.0130. The van der Waals surface area contributed by atoms with E-state index in [0.29, 0.717) is 12.5 Å². The van der Waals surface area contributed by atoms with Crippen molar-refractivity contribution in [1.29, 1.82) is 0 Å². The fraction of sp³-hybridized carbons (Fsp3) is 0.667. The summed E-state index contributed by atoms with van der Waals surface area (Å²) in [5, 5.41) is 14.2. The quantitative estimate of drug-likeness (QED) is 0.377. The van der Waals surface area contributed by atoms with Crippen LogP contribution in [0, 0.1) is 0 Å². The molecule has 1 unspecified atom stereocenters. The van der Waals surface area contributed by atoms with Gasteiger partial charge in [-0.25, -0.2) is 0 Å². The minimum atomic E-state index is -0.603. The van der Waals surface area contributed by atoms with Gasteiger partial charge in [-0.3, -0.25) is 4.99 Å². The van der Waals surface area contributed by atoms with E-state index < -0.39 is 5.60 Å². The number of hydrogen-bond acceptors (Lipinski definition) is 3. The molecule has 0 aromatic heterocycles. The summed E-state index contributed by atoms with van der Waals surface area (Å²) in [4.78, 5) is 7.15. The topological polar surface area (TPSA) is 57.1 Å². The van der Waals surface area contributed by atoms with Gasteiger partial charge in [-0.1, -0.05) is 31.4 Å². The van der Waals surface area contributed by atoms with Gasteiger partial charge >= 0.3 is 0 Å². The first-order valence-electron chi connectivity index (χ1n) is 10.0. The van der Waals surface area contributed by atoms with Crippen LogP contribution in [0.2, 0.25) is 0 Å². The summed E-state index contributed by atoms with van der Waals surface area (Å²) >= 11 is 0. The molecule has 0 radical (unpaired) electrons. The molecule has 5 nitrogen and oxygen atoms in total. The van der Waals surface area contributed by atoms with Crippen LogP contribution in [0.5, 0.6) is 5.75 Å². The maximum absolute atomic E-state index is 10.7. The van der Waals surface area contributed by atoms with Crippen LogP contribution in [0.4, 0.5) is 0 Å². The Labute approximate surface area is 180 Å². The SMILES string of the molecule is CCNC(=NCC1(O)CCCCC1)N1CCC(c2ccc(OC)cc2)C1.I. The summed E-state index contributed by atoms with van der Waals surface area (Å²) < 4.78 is 5.26. The van der Waals surface area contributed by atoms with E-state index in [2.05, 4.69) is 29.3 Å². The second-order valence-electron chi connectivity index (χ2n) is 7.66. The molecule has 27 heavy (non-hydrogen) atoms. The number of guanidine groups is 1. The molecule has 1 aliphatic heterocycles. The van der Waals surface area contributed by atoms with Crippen LogP contribution in [0.3, 0.4) is 0 Å². The lowest BCUT2D eigenvalue weighted by Gasteiger charge is -2.31. The molecule has 2 aliphatic rings. The molecule has 2 fully saturated rings. The average molecular weight is 487 g/mol. The van der Waals surface area contributed by atoms with Crippen LogP contribution in [0.25, 0.3) is 0 Å². The maximum Gasteiger partial charge on any atom is 0.194 e. The van der Waals surface area contributed by atoms with Gasteiger partial charge in [0.2, 0.25) is 0 Å². The first-order valence-corrected chi connectivity index (χ1v) is 10.0. The standard InChI is InChI=1S/C21H33N3O2.HI/c1-3-22-20(23-16-21(25)12-5-4-6-13-21)24-14-11-18(15-24)17-7-9-19(26-2)10-8-17;/h7-10,18,25H,3-6,11-16H2,1-2H3,(H,22,23);1H. The predicted octanol–water partition coefficient (Wildman–Crippen LogP) is 3.76. The third-order valence-electron chi connectivity index (χ3n) is 5.72. The van der Waals surface area contributed by atoms with Gasteiger partial charge in [-0.2, -0.15) is 0 Å². The summed E-state index contributed by atoms with van der Waals surface area (Å²) in [5.74, 6) is 2.37. The number of nitrogens with one attached hydrogen (secondary N) is 1. The minimum Gasteiger partial charge on any atom is -0.497 e. The number of ether oxygens (including phenoxy) is 1. The molecular formula is C21H34IN3O2. The second-order valence-corrected chi connectivity index (χ2v) is 7.66. The number of methoxy groups -OCH3 is 1. The summed E-state index contributed by atoms with van der Waals surface area (Å²) in [5.41, 5.74) is 0.753. The summed E-state index contributed by atoms with van der Waals surface area (Å²) in [6.45, 7) is 5.43. The van der Waals surface area contributed by atoms with Crippen LogP contribution in [0.15, 0.2) is 29.3 Å². The van der Waals surface area contributed by atoms with Crippen molar-refractivity contribution in [2.45, 2.75) is 57.0 Å². The Hall–Kier alpha value is -1.02. The number of halogens is 1. The van der Waals surface area contributed by atoms with Crippen molar-refractivity contribution in [3.05, 3.63) is 29.8 Å². The maximum atomic E-state index is 10.7. The van der Waals surface area contributed by atoms with Gasteiger partial charge in [-0.15, -0.1) is 24.0 Å². The van der Waals surface area contributed by atoms with Crippen molar-refractivity contribution in [3.63, 3.8) is 0 Å². The van der Waals surface area contributed by atoms with E-state index in [9.17, 15) is 5.11 Å². The Kier molecular flexibility index (Phi) is 8.66. The molecule has 6 heteroatoms. The van der Waals surface area contributed by atoms with Crippen molar-refractivity contribution < 1.29 is 9.84 Å². The largest absolute Gasteiger partial charge is 0.497 e. The van der Waals surface area contributed by atoms with Gasteiger partial charge in [0.1, 0.15) is 5.75 Å². The molecule has 1 atom stereocenters. The van der Waals surface area contributed by atoms with Gasteiger partial charge in [0, 0.05) is 25.6 Å². The van der Waals surface area contributed by atoms with Crippen LogP contribution >= 0.6 is 24.0 Å². The normalized spacial score (nSPS) is 22.3. The fourth-order valence-corrected chi connectivity index (χ4v) is 4.12. The Balaban J connectivity index is 0.00000261. The molecule has 0 amide bonds. The minimum absolute atomic E-state index is 0. The molecule has 3 rings (SSSR count). The Bertz CT molecular complexity index is 600. The van der Waals surface area contributed by atoms with Crippen molar-refractivity contribution in [2.75, 3.05) is 33.3 Å². The fourth-order valence-electron chi connectivity index (χ4n) is 4.12. The number of likely N-dealkylation sites (tertiary alicyclic amines) is 1. The number of benzene rings is 1. The van der Waals surface area contributed by atoms with Gasteiger partial charge in [0.05, 0.1) is 19.3 Å². The van der Waals surface area contributed by atoms with Crippen LogP contribution < -0.4 is 10.1 Å². The zero-order valence-corrected chi connectivity index (χ0v) is 18.9. The molecule has 0 spiro atoms. The molecule has 1 aliphatic carbocycles. The van der Waals surface area contributed by atoms with Crippen molar-refractivity contribution in [3.8, 4) is 5.75 Å². The summed E-state index contributed by atoms with van der Waals surface area (Å²) in [6, 6.07) is 8.41. The van der Waals surface area contributed by atoms with Crippen LogP contribution in [0.1, 0.15) is 56.9 Å². The molecule has 1 aromatic carbocycles. The first kappa shape index (κ1) is 22.3. The highest BCUT2D eigenvalue weighted by Crippen LogP contribution is 2.30. The average Bonchev–Trinajstić information content (AvgIpc) is 3.16. The molecular weight excluding hydrogens is 453 g/mol. The van der Waals surface area contributed by atoms with E-state index in [1.54, 1.807) is 7.11 Å². The van der Waals surface area contributed by atoms with Crippen LogP contribution in [-0.4, -0.2) is 54.9 Å². The highest BCUT2D eigenvalue weighted by Gasteiger charge is 2.30. The molecule has 2 N–H and O–H groups in total. The highest BCUT2D eigenvalue weighted by molar-refractivity contribution is 14.0. The highest BCUT2D eigenvalue weighted by atomic mass is 127. The molecule has 0 bridgehead atoms. The zero-order valence-electron chi connectivity index (χ0n) is 16.6. The molecule has 1 aromatic rings. The van der Waals surface area contributed by atoms with Crippen LogP contribution in [-0.2, 0) is 0 Å². The van der Waals surface area contributed by atoms with E-state index in [-0.39, 0.29) is 24.0 Å². The van der Waals surface area contributed by atoms with Gasteiger partial charge < -0.3 is 20.1 Å². The third kappa shape index (κ3) is 5.98. The number of rotatable bonds is 5. The van der Waals surface area contributed by atoms with Crippen molar-refractivity contribution >= 4 is 29.9 Å². The Morgan fingerprint density at radius 3 is 2.59 bits per heavy atom. The molecule has 1 saturated carbocycles. The molecule has 152 valence electrons. The van der Waals surface area contributed by atoms with E-state index in [1.165, 1.54) is 12.0 Å². The molecule has 1 saturated heterocycles. The number of aliphatic hydroxyl groups is 1. The van der Waals surface area contributed by atoms with E-state index in [4.69, 9.17) is 9.73 Å².